The lowest BCUT2D eigenvalue weighted by Crippen LogP contribution is -3.17. The summed E-state index contributed by atoms with van der Waals surface area (Å²) in [6.45, 7) is 12.0. The van der Waals surface area contributed by atoms with Gasteiger partial charge in [-0.1, -0.05) is 6.07 Å². The van der Waals surface area contributed by atoms with Crippen molar-refractivity contribution in [2.75, 3.05) is 13.1 Å². The van der Waals surface area contributed by atoms with E-state index in [4.69, 9.17) is 9.47 Å². The number of morpholine rings is 1. The number of rotatable bonds is 2. The van der Waals surface area contributed by atoms with E-state index in [1.165, 1.54) is 4.90 Å². The molecule has 1 N–H and O–H groups in total. The molecule has 0 aromatic heterocycles. The van der Waals surface area contributed by atoms with Gasteiger partial charge in [0.2, 0.25) is 5.75 Å². The fourth-order valence-electron chi connectivity index (χ4n) is 4.21. The summed E-state index contributed by atoms with van der Waals surface area (Å²) in [6, 6.07) is 3.46. The minimum Gasteiger partial charge on any atom is -0.474 e. The summed E-state index contributed by atoms with van der Waals surface area (Å²) < 4.78 is 12.0. The van der Waals surface area contributed by atoms with Crippen molar-refractivity contribution < 1.29 is 19.3 Å². The minimum absolute atomic E-state index is 0.0648. The third kappa shape index (κ3) is 2.70. The van der Waals surface area contributed by atoms with E-state index in [2.05, 4.69) is 13.8 Å². The number of nitrogens with zero attached hydrogens (tertiary/aromatic N) is 1. The zero-order valence-corrected chi connectivity index (χ0v) is 14.4. The van der Waals surface area contributed by atoms with Crippen LogP contribution in [0.2, 0.25) is 0 Å². The van der Waals surface area contributed by atoms with Gasteiger partial charge >= 0.3 is 5.69 Å². The van der Waals surface area contributed by atoms with Crippen LogP contribution in [0.3, 0.4) is 0 Å². The molecule has 2 aliphatic heterocycles. The molecule has 0 radical (unpaired) electrons. The zero-order chi connectivity index (χ0) is 16.9. The van der Waals surface area contributed by atoms with E-state index in [0.717, 1.165) is 24.2 Å². The van der Waals surface area contributed by atoms with E-state index in [-0.39, 0.29) is 28.9 Å². The second kappa shape index (κ2) is 5.46. The van der Waals surface area contributed by atoms with E-state index < -0.39 is 5.60 Å². The summed E-state index contributed by atoms with van der Waals surface area (Å²) in [5, 5.41) is 11.4. The van der Waals surface area contributed by atoms with Crippen LogP contribution in [0.4, 0.5) is 5.69 Å². The molecule has 0 amide bonds. The third-order valence-corrected chi connectivity index (χ3v) is 4.91. The number of aryl methyl sites for hydroxylation is 1. The first kappa shape index (κ1) is 16.2. The molecule has 2 aliphatic rings. The molecule has 0 saturated carbocycles. The Morgan fingerprint density at radius 1 is 1.26 bits per heavy atom. The standard InChI is InChI=1S/C17H24N2O4/c1-10-6-7-13(19(20)21)15-14(10)16(17(4,5)23-15)18-8-11(2)22-12(3)9-18/h6-7,11-12,16H,8-9H2,1-5H3/p+1/t11-,12-,16-/m1/s1. The molecule has 1 aromatic rings. The molecule has 3 rings (SSSR count). The summed E-state index contributed by atoms with van der Waals surface area (Å²) in [5.74, 6) is 0.448. The topological polar surface area (TPSA) is 66.0 Å². The molecule has 1 fully saturated rings. The SMILES string of the molecule is Cc1ccc([N+](=O)[O-])c2c1[C@@H]([NH+]1C[C@@H](C)O[C@H](C)C1)C(C)(C)O2. The molecule has 0 aliphatic carbocycles. The molecule has 2 heterocycles. The molecule has 0 spiro atoms. The highest BCUT2D eigenvalue weighted by Gasteiger charge is 2.52. The molecule has 3 atom stereocenters. The largest absolute Gasteiger partial charge is 0.474 e. The number of hydrogen-bond acceptors (Lipinski definition) is 4. The predicted molar refractivity (Wildman–Crippen MR) is 86.0 cm³/mol. The maximum atomic E-state index is 11.4. The van der Waals surface area contributed by atoms with Crippen LogP contribution in [0.1, 0.15) is 44.9 Å². The van der Waals surface area contributed by atoms with Crippen LogP contribution in [0, 0.1) is 17.0 Å². The Kier molecular flexibility index (Phi) is 3.84. The smallest absolute Gasteiger partial charge is 0.311 e. The highest BCUT2D eigenvalue weighted by Crippen LogP contribution is 2.48. The number of quaternary nitrogens is 1. The number of nitrogens with one attached hydrogen (secondary N) is 1. The number of hydrogen-bond donors (Lipinski definition) is 1. The van der Waals surface area contributed by atoms with Gasteiger partial charge in [0.25, 0.3) is 0 Å². The number of ether oxygens (including phenoxy) is 2. The first-order valence-corrected chi connectivity index (χ1v) is 8.17. The molecule has 6 heteroatoms. The Balaban J connectivity index is 2.09. The van der Waals surface area contributed by atoms with Gasteiger partial charge in [0.05, 0.1) is 10.5 Å². The van der Waals surface area contributed by atoms with Crippen molar-refractivity contribution in [1.29, 1.82) is 0 Å². The van der Waals surface area contributed by atoms with Crippen LogP contribution in [0.25, 0.3) is 0 Å². The van der Waals surface area contributed by atoms with Crippen molar-refractivity contribution >= 4 is 5.69 Å². The van der Waals surface area contributed by atoms with Crippen molar-refractivity contribution in [3.05, 3.63) is 33.4 Å². The number of fused-ring (bicyclic) bond motifs is 1. The number of nitro groups is 1. The van der Waals surface area contributed by atoms with Gasteiger partial charge < -0.3 is 14.4 Å². The number of nitro benzene ring substituents is 1. The van der Waals surface area contributed by atoms with Crippen molar-refractivity contribution in [3.63, 3.8) is 0 Å². The van der Waals surface area contributed by atoms with Gasteiger partial charge in [0.15, 0.2) is 11.6 Å². The molecule has 1 saturated heterocycles. The van der Waals surface area contributed by atoms with E-state index in [1.807, 2.05) is 26.8 Å². The van der Waals surface area contributed by atoms with Gasteiger partial charge in [-0.2, -0.15) is 0 Å². The van der Waals surface area contributed by atoms with Gasteiger partial charge in [-0.15, -0.1) is 0 Å². The summed E-state index contributed by atoms with van der Waals surface area (Å²) in [4.78, 5) is 12.4. The van der Waals surface area contributed by atoms with E-state index >= 15 is 0 Å². The summed E-state index contributed by atoms with van der Waals surface area (Å²) in [7, 11) is 0. The lowest BCUT2D eigenvalue weighted by Gasteiger charge is -2.39. The Labute approximate surface area is 136 Å². The highest BCUT2D eigenvalue weighted by atomic mass is 16.6. The first-order chi connectivity index (χ1) is 10.7. The Morgan fingerprint density at radius 3 is 2.43 bits per heavy atom. The van der Waals surface area contributed by atoms with Gasteiger partial charge in [0, 0.05) is 6.07 Å². The second-order valence-corrected chi connectivity index (χ2v) is 7.36. The summed E-state index contributed by atoms with van der Waals surface area (Å²) in [5.41, 5.74) is 1.63. The molecule has 126 valence electrons. The van der Waals surface area contributed by atoms with Crippen LogP contribution in [0.5, 0.6) is 5.75 Å². The quantitative estimate of drug-likeness (QED) is 0.666. The maximum Gasteiger partial charge on any atom is 0.311 e. The molecule has 6 nitrogen and oxygen atoms in total. The molecule has 0 unspecified atom stereocenters. The van der Waals surface area contributed by atoms with Crippen LogP contribution in [-0.2, 0) is 4.74 Å². The average Bonchev–Trinajstić information content (AvgIpc) is 2.69. The maximum absolute atomic E-state index is 11.4. The van der Waals surface area contributed by atoms with Gasteiger partial charge in [-0.05, 0) is 40.2 Å². The summed E-state index contributed by atoms with van der Waals surface area (Å²) in [6.07, 6.45) is 0.347. The van der Waals surface area contributed by atoms with Gasteiger partial charge in [-0.3, -0.25) is 10.1 Å². The number of benzene rings is 1. The van der Waals surface area contributed by atoms with Gasteiger partial charge in [0.1, 0.15) is 25.3 Å². The normalized spacial score (nSPS) is 32.2. The van der Waals surface area contributed by atoms with Crippen molar-refractivity contribution in [1.82, 2.24) is 0 Å². The van der Waals surface area contributed by atoms with E-state index in [0.29, 0.717) is 5.75 Å². The molecule has 0 bridgehead atoms. The van der Waals surface area contributed by atoms with E-state index in [9.17, 15) is 10.1 Å². The predicted octanol–water partition coefficient (Wildman–Crippen LogP) is 1.81. The molecule has 23 heavy (non-hydrogen) atoms. The van der Waals surface area contributed by atoms with Crippen molar-refractivity contribution in [3.8, 4) is 5.75 Å². The minimum atomic E-state index is -0.481. The van der Waals surface area contributed by atoms with Crippen molar-refractivity contribution in [2.24, 2.45) is 0 Å². The lowest BCUT2D eigenvalue weighted by atomic mass is 9.89. The molecular formula is C17H25N2O4+. The summed E-state index contributed by atoms with van der Waals surface area (Å²) >= 11 is 0. The highest BCUT2D eigenvalue weighted by molar-refractivity contribution is 5.59. The molecule has 1 aromatic carbocycles. The Bertz CT molecular complexity index is 634. The lowest BCUT2D eigenvalue weighted by molar-refractivity contribution is -0.950. The third-order valence-electron chi connectivity index (χ3n) is 4.91. The Hall–Kier alpha value is -1.66. The first-order valence-electron chi connectivity index (χ1n) is 8.17. The monoisotopic (exact) mass is 321 g/mol. The zero-order valence-electron chi connectivity index (χ0n) is 14.4. The Morgan fingerprint density at radius 2 is 1.87 bits per heavy atom. The fraction of sp³-hybridized carbons (Fsp3) is 0.647. The second-order valence-electron chi connectivity index (χ2n) is 7.36. The van der Waals surface area contributed by atoms with Crippen LogP contribution in [0.15, 0.2) is 12.1 Å². The van der Waals surface area contributed by atoms with Crippen LogP contribution >= 0.6 is 0 Å². The van der Waals surface area contributed by atoms with Gasteiger partial charge in [-0.25, -0.2) is 0 Å². The van der Waals surface area contributed by atoms with E-state index in [1.54, 1.807) is 6.07 Å². The van der Waals surface area contributed by atoms with Crippen LogP contribution < -0.4 is 9.64 Å². The average molecular weight is 321 g/mol. The van der Waals surface area contributed by atoms with Crippen molar-refractivity contribution in [2.45, 2.75) is 58.5 Å². The fourth-order valence-corrected chi connectivity index (χ4v) is 4.21. The van der Waals surface area contributed by atoms with Crippen LogP contribution in [-0.4, -0.2) is 35.8 Å². The molecular weight excluding hydrogens is 296 g/mol.